The highest BCUT2D eigenvalue weighted by atomic mass is 19.3. The second-order valence-corrected chi connectivity index (χ2v) is 9.99. The van der Waals surface area contributed by atoms with Gasteiger partial charge in [-0.05, 0) is 63.4 Å². The number of nitrogens with one attached hydrogen (secondary N) is 1. The van der Waals surface area contributed by atoms with E-state index in [1.165, 1.54) is 32.4 Å². The molecule has 1 amide bonds. The van der Waals surface area contributed by atoms with E-state index in [9.17, 15) is 18.7 Å². The Morgan fingerprint density at radius 2 is 1.97 bits per heavy atom. The molecule has 210 valence electrons. The molecule has 1 aromatic carbocycles. The number of fused-ring (bicyclic) bond motifs is 1. The lowest BCUT2D eigenvalue weighted by Crippen LogP contribution is -2.50. The van der Waals surface area contributed by atoms with Gasteiger partial charge in [-0.3, -0.25) is 9.20 Å². The Bertz CT molecular complexity index is 1290. The summed E-state index contributed by atoms with van der Waals surface area (Å²) in [6.45, 7) is 0.797. The van der Waals surface area contributed by atoms with E-state index in [2.05, 4.69) is 15.2 Å². The number of halogens is 2. The van der Waals surface area contributed by atoms with Crippen LogP contribution in [0.4, 0.5) is 8.78 Å². The van der Waals surface area contributed by atoms with Crippen LogP contribution in [0.2, 0.25) is 0 Å². The van der Waals surface area contributed by atoms with Crippen molar-refractivity contribution in [3.8, 4) is 28.5 Å². The zero-order chi connectivity index (χ0) is 27.4. The number of carbonyl (C=O) groups is 1. The van der Waals surface area contributed by atoms with E-state index in [4.69, 9.17) is 14.2 Å². The molecule has 5 rings (SSSR count). The number of ether oxygens (including phenoxy) is 3. The molecule has 2 fully saturated rings. The van der Waals surface area contributed by atoms with Crippen LogP contribution in [0.5, 0.6) is 17.2 Å². The Balaban J connectivity index is 1.35. The van der Waals surface area contributed by atoms with Gasteiger partial charge in [0.25, 0.3) is 5.91 Å². The number of pyridine rings is 1. The number of amides is 1. The van der Waals surface area contributed by atoms with Gasteiger partial charge in [-0.15, -0.1) is 0 Å². The zero-order valence-corrected chi connectivity index (χ0v) is 21.9. The Hall–Kier alpha value is -3.44. The molecule has 2 N–H and O–H groups in total. The molecule has 3 aromatic rings. The van der Waals surface area contributed by atoms with E-state index in [0.29, 0.717) is 42.1 Å². The average Bonchev–Trinajstić information content (AvgIpc) is 3.36. The summed E-state index contributed by atoms with van der Waals surface area (Å²) in [4.78, 5) is 19.9. The second kappa shape index (κ2) is 12.2. The minimum absolute atomic E-state index is 0.0677. The fraction of sp³-hybridized carbons (Fsp3) is 0.500. The number of aliphatic hydroxyl groups excluding tert-OH is 1. The third-order valence-electron chi connectivity index (χ3n) is 7.40. The normalized spacial score (nSPS) is 19.6. The van der Waals surface area contributed by atoms with Crippen LogP contribution in [0.25, 0.3) is 16.9 Å². The molecule has 1 saturated heterocycles. The van der Waals surface area contributed by atoms with E-state index < -0.39 is 24.7 Å². The summed E-state index contributed by atoms with van der Waals surface area (Å²) in [5.74, 6) is -0.215. The standard InChI is InChI=1S/C28H34F2N4O5/c1-37-23-14-18(15-24(39-28(29)30)26(23)27(36)32-20-6-7-22(20)35)21-17-31-25-16-19(8-12-34(21)25)38-13-5-11-33-9-3-2-4-10-33/h8,12,14-17,20,22,28,35H,2-7,9-11,13H2,1H3,(H,32,36)/t20-,22+/m1/s1. The van der Waals surface area contributed by atoms with Crippen LogP contribution in [-0.4, -0.2) is 77.4 Å². The highest BCUT2D eigenvalue weighted by Crippen LogP contribution is 2.37. The molecule has 0 bridgehead atoms. The van der Waals surface area contributed by atoms with Crippen LogP contribution in [-0.2, 0) is 0 Å². The van der Waals surface area contributed by atoms with Gasteiger partial charge in [0.1, 0.15) is 28.5 Å². The van der Waals surface area contributed by atoms with Crippen molar-refractivity contribution in [2.45, 2.75) is 57.3 Å². The maximum atomic E-state index is 13.3. The molecule has 0 radical (unpaired) electrons. The SMILES string of the molecule is COc1cc(-c2cnc3cc(OCCCN4CCCCC4)ccn23)cc(OC(F)F)c1C(=O)N[C@@H]1CC[C@@H]1O. The number of rotatable bonds is 11. The molecule has 0 unspecified atom stereocenters. The molecule has 2 aliphatic rings. The van der Waals surface area contributed by atoms with Crippen LogP contribution >= 0.6 is 0 Å². The number of methoxy groups -OCH3 is 1. The van der Waals surface area contributed by atoms with Crippen LogP contribution in [0.15, 0.2) is 36.7 Å². The highest BCUT2D eigenvalue weighted by molar-refractivity contribution is 6.01. The summed E-state index contributed by atoms with van der Waals surface area (Å²) in [5.41, 5.74) is 1.54. The summed E-state index contributed by atoms with van der Waals surface area (Å²) in [6.07, 6.45) is 8.71. The number of benzene rings is 1. The number of aliphatic hydroxyl groups is 1. The van der Waals surface area contributed by atoms with Crippen molar-refractivity contribution in [3.05, 3.63) is 42.2 Å². The first-order valence-electron chi connectivity index (χ1n) is 13.4. The lowest BCUT2D eigenvalue weighted by molar-refractivity contribution is -0.0502. The van der Waals surface area contributed by atoms with Gasteiger partial charge in [-0.25, -0.2) is 4.98 Å². The van der Waals surface area contributed by atoms with E-state index in [1.807, 2.05) is 12.1 Å². The van der Waals surface area contributed by atoms with Gasteiger partial charge in [-0.1, -0.05) is 6.42 Å². The fourth-order valence-electron chi connectivity index (χ4n) is 5.13. The second-order valence-electron chi connectivity index (χ2n) is 9.99. The van der Waals surface area contributed by atoms with Gasteiger partial charge in [0.15, 0.2) is 0 Å². The van der Waals surface area contributed by atoms with Crippen molar-refractivity contribution in [3.63, 3.8) is 0 Å². The van der Waals surface area contributed by atoms with Crippen molar-refractivity contribution in [1.29, 1.82) is 0 Å². The van der Waals surface area contributed by atoms with Crippen LogP contribution in [0.3, 0.4) is 0 Å². The van der Waals surface area contributed by atoms with E-state index in [-0.39, 0.29) is 17.1 Å². The molecule has 2 atom stereocenters. The van der Waals surface area contributed by atoms with E-state index in [1.54, 1.807) is 22.9 Å². The largest absolute Gasteiger partial charge is 0.496 e. The average molecular weight is 545 g/mol. The number of hydrogen-bond acceptors (Lipinski definition) is 7. The number of aromatic nitrogens is 2. The summed E-state index contributed by atoms with van der Waals surface area (Å²) in [7, 11) is 1.35. The molecule has 3 heterocycles. The molecule has 39 heavy (non-hydrogen) atoms. The number of alkyl halides is 2. The lowest BCUT2D eigenvalue weighted by Gasteiger charge is -2.33. The quantitative estimate of drug-likeness (QED) is 0.351. The van der Waals surface area contributed by atoms with Crippen molar-refractivity contribution in [1.82, 2.24) is 19.6 Å². The summed E-state index contributed by atoms with van der Waals surface area (Å²) < 4.78 is 44.6. The predicted octanol–water partition coefficient (Wildman–Crippen LogP) is 4.12. The maximum Gasteiger partial charge on any atom is 0.387 e. The minimum atomic E-state index is -3.15. The molecule has 1 saturated carbocycles. The number of piperidine rings is 1. The molecule has 0 spiro atoms. The molecule has 11 heteroatoms. The van der Waals surface area contributed by atoms with Crippen molar-refractivity contribution >= 4 is 11.6 Å². The molecular weight excluding hydrogens is 510 g/mol. The minimum Gasteiger partial charge on any atom is -0.496 e. The molecule has 1 aliphatic heterocycles. The van der Waals surface area contributed by atoms with E-state index in [0.717, 1.165) is 26.1 Å². The third-order valence-corrected chi connectivity index (χ3v) is 7.40. The van der Waals surface area contributed by atoms with Crippen molar-refractivity contribution in [2.75, 3.05) is 33.4 Å². The first kappa shape index (κ1) is 27.1. The van der Waals surface area contributed by atoms with Crippen molar-refractivity contribution in [2.24, 2.45) is 0 Å². The number of carbonyl (C=O) groups excluding carboxylic acids is 1. The highest BCUT2D eigenvalue weighted by Gasteiger charge is 2.32. The van der Waals surface area contributed by atoms with Gasteiger partial charge in [0, 0.05) is 24.4 Å². The summed E-state index contributed by atoms with van der Waals surface area (Å²) in [5, 5.41) is 12.5. The third kappa shape index (κ3) is 6.25. The molecule has 9 nitrogen and oxygen atoms in total. The van der Waals surface area contributed by atoms with Gasteiger partial charge in [0.2, 0.25) is 0 Å². The molecular formula is C28H34F2N4O5. The van der Waals surface area contributed by atoms with Crippen LogP contribution in [0, 0.1) is 0 Å². The number of hydrogen-bond donors (Lipinski definition) is 2. The maximum absolute atomic E-state index is 13.3. The lowest BCUT2D eigenvalue weighted by atomic mass is 9.89. The predicted molar refractivity (Wildman–Crippen MR) is 141 cm³/mol. The van der Waals surface area contributed by atoms with Gasteiger partial charge >= 0.3 is 6.61 Å². The molecule has 1 aliphatic carbocycles. The Kier molecular flexibility index (Phi) is 8.47. The number of likely N-dealkylation sites (tertiary alicyclic amines) is 1. The van der Waals surface area contributed by atoms with Gasteiger partial charge in [-0.2, -0.15) is 8.78 Å². The van der Waals surface area contributed by atoms with E-state index >= 15 is 0 Å². The monoisotopic (exact) mass is 544 g/mol. The smallest absolute Gasteiger partial charge is 0.387 e. The topological polar surface area (TPSA) is 97.6 Å². The molecule has 2 aromatic heterocycles. The Labute approximate surface area is 225 Å². The number of imidazole rings is 1. The van der Waals surface area contributed by atoms with Crippen LogP contribution < -0.4 is 19.5 Å². The first-order valence-corrected chi connectivity index (χ1v) is 13.4. The summed E-state index contributed by atoms with van der Waals surface area (Å²) >= 11 is 0. The Morgan fingerprint density at radius 3 is 2.67 bits per heavy atom. The van der Waals surface area contributed by atoms with Crippen molar-refractivity contribution < 1.29 is 32.9 Å². The van der Waals surface area contributed by atoms with Gasteiger partial charge < -0.3 is 29.5 Å². The summed E-state index contributed by atoms with van der Waals surface area (Å²) in [6, 6.07) is 6.16. The Morgan fingerprint density at radius 1 is 1.18 bits per heavy atom. The fourth-order valence-corrected chi connectivity index (χ4v) is 5.13. The first-order chi connectivity index (χ1) is 18.9. The van der Waals surface area contributed by atoms with Crippen LogP contribution in [0.1, 0.15) is 48.9 Å². The van der Waals surface area contributed by atoms with Gasteiger partial charge in [0.05, 0.1) is 37.8 Å². The zero-order valence-electron chi connectivity index (χ0n) is 21.9. The number of nitrogens with zero attached hydrogens (tertiary/aromatic N) is 3.